The number of hydrogen-bond donors (Lipinski definition) is 2. The molecule has 244 valence electrons. The van der Waals surface area contributed by atoms with Gasteiger partial charge in [-0.25, -0.2) is 9.97 Å². The number of nitrogens with one attached hydrogen (secondary N) is 2. The van der Waals surface area contributed by atoms with Gasteiger partial charge in [0.2, 0.25) is 0 Å². The molecular formula is C34H56N8O2. The van der Waals surface area contributed by atoms with Crippen molar-refractivity contribution in [1.29, 1.82) is 0 Å². The minimum Gasteiger partial charge on any atom is -0.464 e. The van der Waals surface area contributed by atoms with E-state index < -0.39 is 0 Å². The molecule has 2 heterocycles. The molecule has 0 aliphatic carbocycles. The van der Waals surface area contributed by atoms with Gasteiger partial charge in [-0.1, -0.05) is 38.1 Å². The number of aromatic nitrogens is 4. The fourth-order valence-corrected chi connectivity index (χ4v) is 5.40. The number of H-pyrrole nitrogens is 2. The third-order valence-electron chi connectivity index (χ3n) is 7.90. The summed E-state index contributed by atoms with van der Waals surface area (Å²) in [5.41, 5.74) is 2.49. The number of benzene rings is 1. The topological polar surface area (TPSA) is 96.6 Å². The first-order valence-corrected chi connectivity index (χ1v) is 16.4. The summed E-state index contributed by atoms with van der Waals surface area (Å²) in [6.07, 6.45) is 12.4. The van der Waals surface area contributed by atoms with Crippen LogP contribution in [-0.4, -0.2) is 105 Å². The molecule has 3 aromatic rings. The molecule has 1 unspecified atom stereocenters. The number of rotatable bonds is 23. The number of hydrogen-bond acceptors (Lipinski definition) is 8. The summed E-state index contributed by atoms with van der Waals surface area (Å²) in [6.45, 7) is 15.3. The highest BCUT2D eigenvalue weighted by atomic mass is 16.5. The van der Waals surface area contributed by atoms with Gasteiger partial charge in [-0.05, 0) is 84.0 Å². The molecular weight excluding hydrogens is 552 g/mol. The van der Waals surface area contributed by atoms with Crippen molar-refractivity contribution in [3.63, 3.8) is 0 Å². The quantitative estimate of drug-likeness (QED) is 0.114. The Labute approximate surface area is 265 Å². The van der Waals surface area contributed by atoms with Crippen molar-refractivity contribution in [3.8, 4) is 0 Å². The zero-order valence-electron chi connectivity index (χ0n) is 27.8. The molecule has 0 saturated carbocycles. The zero-order valence-corrected chi connectivity index (χ0v) is 27.8. The fourth-order valence-electron chi connectivity index (χ4n) is 5.40. The first-order chi connectivity index (χ1) is 21.4. The minimum absolute atomic E-state index is 0.105. The number of likely N-dealkylation sites (N-methyl/N-ethyl adjacent to an activating group) is 1. The van der Waals surface area contributed by atoms with E-state index in [-0.39, 0.29) is 12.0 Å². The molecule has 1 atom stereocenters. The van der Waals surface area contributed by atoms with Gasteiger partial charge in [0.1, 0.15) is 18.3 Å². The van der Waals surface area contributed by atoms with Crippen LogP contribution in [0.1, 0.15) is 81.7 Å². The van der Waals surface area contributed by atoms with Crippen molar-refractivity contribution in [2.45, 2.75) is 78.6 Å². The number of carbonyl (C=O) groups is 1. The summed E-state index contributed by atoms with van der Waals surface area (Å²) in [5.74, 6) is 1.76. The summed E-state index contributed by atoms with van der Waals surface area (Å²) >= 11 is 0. The molecule has 0 aliphatic heterocycles. The maximum atomic E-state index is 12.5. The highest BCUT2D eigenvalue weighted by Crippen LogP contribution is 2.22. The SMILES string of the molecule is CCCN(CCC)CCCCN(CCC(=O)OCCN(C)C)Cc1ccc(CN(Cc2ncc[nH]2)C(C)c2ncc[nH]2)cc1. The summed E-state index contributed by atoms with van der Waals surface area (Å²) in [5, 5.41) is 0. The number of esters is 1. The van der Waals surface area contributed by atoms with Crippen molar-refractivity contribution in [2.24, 2.45) is 0 Å². The first-order valence-electron chi connectivity index (χ1n) is 16.4. The van der Waals surface area contributed by atoms with Crippen LogP contribution in [-0.2, 0) is 29.2 Å². The molecule has 0 amide bonds. The maximum Gasteiger partial charge on any atom is 0.307 e. The normalized spacial score (nSPS) is 12.6. The molecule has 2 N–H and O–H groups in total. The Morgan fingerprint density at radius 3 is 2.02 bits per heavy atom. The molecule has 2 aromatic heterocycles. The van der Waals surface area contributed by atoms with Crippen molar-refractivity contribution >= 4 is 5.97 Å². The zero-order chi connectivity index (χ0) is 31.6. The Bertz CT molecular complexity index is 1130. The van der Waals surface area contributed by atoms with Crippen LogP contribution in [0.5, 0.6) is 0 Å². The van der Waals surface area contributed by atoms with Crippen LogP contribution in [0.4, 0.5) is 0 Å². The number of ether oxygens (including phenoxy) is 1. The number of nitrogens with zero attached hydrogens (tertiary/aromatic N) is 6. The second-order valence-corrected chi connectivity index (χ2v) is 12.0. The molecule has 0 radical (unpaired) electrons. The Morgan fingerprint density at radius 1 is 0.795 bits per heavy atom. The average molecular weight is 609 g/mol. The highest BCUT2D eigenvalue weighted by Gasteiger charge is 2.20. The van der Waals surface area contributed by atoms with Crippen molar-refractivity contribution in [2.75, 3.05) is 60.0 Å². The van der Waals surface area contributed by atoms with Crippen LogP contribution in [0.2, 0.25) is 0 Å². The van der Waals surface area contributed by atoms with Gasteiger partial charge in [-0.15, -0.1) is 0 Å². The largest absolute Gasteiger partial charge is 0.464 e. The van der Waals surface area contributed by atoms with Gasteiger partial charge < -0.3 is 24.5 Å². The van der Waals surface area contributed by atoms with E-state index in [2.05, 4.69) is 79.7 Å². The predicted molar refractivity (Wildman–Crippen MR) is 177 cm³/mol. The number of carbonyl (C=O) groups excluding carboxylic acids is 1. The smallest absolute Gasteiger partial charge is 0.307 e. The Balaban J connectivity index is 1.60. The van der Waals surface area contributed by atoms with Gasteiger partial charge in [0.15, 0.2) is 0 Å². The molecule has 0 fully saturated rings. The Kier molecular flexibility index (Phi) is 16.2. The Morgan fingerprint density at radius 2 is 1.43 bits per heavy atom. The molecule has 0 spiro atoms. The fraction of sp³-hybridized carbons (Fsp3) is 0.618. The van der Waals surface area contributed by atoms with Crippen LogP contribution in [0.25, 0.3) is 0 Å². The van der Waals surface area contributed by atoms with Gasteiger partial charge in [-0.2, -0.15) is 0 Å². The third-order valence-corrected chi connectivity index (χ3v) is 7.90. The lowest BCUT2D eigenvalue weighted by Gasteiger charge is -2.27. The number of unbranched alkanes of at least 4 members (excludes halogenated alkanes) is 1. The van der Waals surface area contributed by atoms with Crippen LogP contribution >= 0.6 is 0 Å². The highest BCUT2D eigenvalue weighted by molar-refractivity contribution is 5.69. The average Bonchev–Trinajstić information content (AvgIpc) is 3.73. The Hall–Kier alpha value is -3.05. The second-order valence-electron chi connectivity index (χ2n) is 12.0. The van der Waals surface area contributed by atoms with E-state index in [0.717, 1.165) is 50.8 Å². The monoisotopic (exact) mass is 608 g/mol. The summed E-state index contributed by atoms with van der Waals surface area (Å²) in [6, 6.07) is 9.00. The molecule has 10 nitrogen and oxygen atoms in total. The van der Waals surface area contributed by atoms with Crippen molar-refractivity contribution in [1.82, 2.24) is 39.5 Å². The first kappa shape index (κ1) is 35.4. The molecule has 0 aliphatic rings. The summed E-state index contributed by atoms with van der Waals surface area (Å²) < 4.78 is 5.47. The minimum atomic E-state index is -0.119. The van der Waals surface area contributed by atoms with Gasteiger partial charge >= 0.3 is 5.97 Å². The van der Waals surface area contributed by atoms with Gasteiger partial charge in [-0.3, -0.25) is 14.6 Å². The van der Waals surface area contributed by atoms with Gasteiger partial charge in [0, 0.05) is 51.0 Å². The molecule has 10 heteroatoms. The summed E-state index contributed by atoms with van der Waals surface area (Å²) in [4.78, 5) is 37.3. The van der Waals surface area contributed by atoms with E-state index in [1.54, 1.807) is 12.4 Å². The molecule has 1 aromatic carbocycles. The van der Waals surface area contributed by atoms with Gasteiger partial charge in [0.05, 0.1) is 19.0 Å². The van der Waals surface area contributed by atoms with E-state index >= 15 is 0 Å². The standard InChI is InChI=1S/C34H56N8O2/c1-6-19-40(20-7-2)21-8-9-22-41(23-14-33(43)44-25-24-39(4)5)26-30-10-12-31(13-11-30)27-42(28-32-35-15-16-36-32)29(3)34-37-17-18-38-34/h10-13,15-18,29H,6-9,14,19-28H2,1-5H3,(H,35,36)(H,37,38). The van der Waals surface area contributed by atoms with Crippen LogP contribution < -0.4 is 0 Å². The lowest BCUT2D eigenvalue weighted by Crippen LogP contribution is -2.30. The van der Waals surface area contributed by atoms with Crippen molar-refractivity contribution < 1.29 is 9.53 Å². The lowest BCUT2D eigenvalue weighted by atomic mass is 10.1. The molecule has 0 saturated heterocycles. The summed E-state index contributed by atoms with van der Waals surface area (Å²) in [7, 11) is 3.97. The third kappa shape index (κ3) is 13.3. The van der Waals surface area contributed by atoms with Crippen molar-refractivity contribution in [3.05, 3.63) is 71.8 Å². The van der Waals surface area contributed by atoms with E-state index in [1.807, 2.05) is 31.4 Å². The van der Waals surface area contributed by atoms with E-state index in [0.29, 0.717) is 26.1 Å². The van der Waals surface area contributed by atoms with Crippen LogP contribution in [0.3, 0.4) is 0 Å². The number of imidazole rings is 2. The van der Waals surface area contributed by atoms with Gasteiger partial charge in [0.25, 0.3) is 0 Å². The van der Waals surface area contributed by atoms with E-state index in [1.165, 1.54) is 43.5 Å². The predicted octanol–water partition coefficient (Wildman–Crippen LogP) is 5.10. The number of aromatic amines is 2. The van der Waals surface area contributed by atoms with E-state index in [4.69, 9.17) is 4.74 Å². The van der Waals surface area contributed by atoms with Crippen LogP contribution in [0.15, 0.2) is 49.1 Å². The maximum absolute atomic E-state index is 12.5. The second kappa shape index (κ2) is 20.1. The molecule has 44 heavy (non-hydrogen) atoms. The molecule has 3 rings (SSSR count). The van der Waals surface area contributed by atoms with Crippen LogP contribution in [0, 0.1) is 0 Å². The lowest BCUT2D eigenvalue weighted by molar-refractivity contribution is -0.144. The van der Waals surface area contributed by atoms with E-state index in [9.17, 15) is 4.79 Å². The molecule has 0 bridgehead atoms.